The van der Waals surface area contributed by atoms with E-state index in [1.165, 1.54) is 6.07 Å². The molecule has 0 saturated heterocycles. The summed E-state index contributed by atoms with van der Waals surface area (Å²) in [7, 11) is 3.95. The van der Waals surface area contributed by atoms with Gasteiger partial charge in [0.25, 0.3) is 0 Å². The zero-order valence-corrected chi connectivity index (χ0v) is 15.4. The summed E-state index contributed by atoms with van der Waals surface area (Å²) in [6.45, 7) is 3.84. The van der Waals surface area contributed by atoms with Crippen molar-refractivity contribution in [3.05, 3.63) is 65.7 Å². The van der Waals surface area contributed by atoms with Gasteiger partial charge in [-0.05, 0) is 36.8 Å². The lowest BCUT2D eigenvalue weighted by atomic mass is 10.2. The average Bonchev–Trinajstić information content (AvgIpc) is 2.95. The lowest BCUT2D eigenvalue weighted by Gasteiger charge is -2.22. The van der Waals surface area contributed by atoms with Crippen LogP contribution in [0.1, 0.15) is 18.3 Å². The van der Waals surface area contributed by atoms with Crippen LogP contribution in [0.4, 0.5) is 4.39 Å². The normalized spacial score (nSPS) is 11.8. The summed E-state index contributed by atoms with van der Waals surface area (Å²) in [5, 5.41) is 3.29. The lowest BCUT2D eigenvalue weighted by molar-refractivity contribution is 0.474. The summed E-state index contributed by atoms with van der Waals surface area (Å²) >= 11 is 0. The van der Waals surface area contributed by atoms with E-state index in [0.29, 0.717) is 13.1 Å². The molecule has 0 aliphatic carbocycles. The van der Waals surface area contributed by atoms with Crippen LogP contribution in [0.15, 0.2) is 53.5 Å². The molecule has 3 rings (SSSR count). The standard InChI is InChI=1S/C20H24FN5/c1-4-22-20(25(2)14-15-8-7-9-16(21)12-15)23-13-19-24-17-10-5-6-11-18(17)26(19)3/h5-12H,4,13-14H2,1-3H3,(H,22,23). The maximum Gasteiger partial charge on any atom is 0.194 e. The van der Waals surface area contributed by atoms with Gasteiger partial charge in [0.1, 0.15) is 18.2 Å². The van der Waals surface area contributed by atoms with Crippen molar-refractivity contribution in [3.8, 4) is 0 Å². The van der Waals surface area contributed by atoms with E-state index < -0.39 is 0 Å². The summed E-state index contributed by atoms with van der Waals surface area (Å²) < 4.78 is 15.5. The van der Waals surface area contributed by atoms with Crippen LogP contribution in [0.2, 0.25) is 0 Å². The number of aryl methyl sites for hydroxylation is 1. The number of fused-ring (bicyclic) bond motifs is 1. The highest BCUT2D eigenvalue weighted by Crippen LogP contribution is 2.15. The van der Waals surface area contributed by atoms with Gasteiger partial charge in [0, 0.05) is 27.2 Å². The minimum atomic E-state index is -0.225. The fourth-order valence-corrected chi connectivity index (χ4v) is 2.94. The molecule has 0 spiro atoms. The van der Waals surface area contributed by atoms with Crippen LogP contribution in [0, 0.1) is 5.82 Å². The molecule has 0 fully saturated rings. The van der Waals surface area contributed by atoms with Crippen molar-refractivity contribution >= 4 is 17.0 Å². The van der Waals surface area contributed by atoms with E-state index in [0.717, 1.165) is 34.9 Å². The second-order valence-corrected chi connectivity index (χ2v) is 6.23. The van der Waals surface area contributed by atoms with Crippen LogP contribution in [-0.2, 0) is 20.1 Å². The topological polar surface area (TPSA) is 45.5 Å². The zero-order chi connectivity index (χ0) is 18.5. The third-order valence-electron chi connectivity index (χ3n) is 4.26. The summed E-state index contributed by atoms with van der Waals surface area (Å²) in [5.41, 5.74) is 2.97. The van der Waals surface area contributed by atoms with Gasteiger partial charge in [-0.3, -0.25) is 0 Å². The Morgan fingerprint density at radius 1 is 1.23 bits per heavy atom. The third-order valence-corrected chi connectivity index (χ3v) is 4.26. The second-order valence-electron chi connectivity index (χ2n) is 6.23. The Morgan fingerprint density at radius 3 is 2.77 bits per heavy atom. The highest BCUT2D eigenvalue weighted by molar-refractivity contribution is 5.80. The molecular formula is C20H24FN5. The lowest BCUT2D eigenvalue weighted by Crippen LogP contribution is -2.38. The van der Waals surface area contributed by atoms with Gasteiger partial charge in [0.2, 0.25) is 0 Å². The fraction of sp³-hybridized carbons (Fsp3) is 0.300. The molecule has 0 bridgehead atoms. The van der Waals surface area contributed by atoms with Crippen LogP contribution in [0.3, 0.4) is 0 Å². The summed E-state index contributed by atoms with van der Waals surface area (Å²) in [6, 6.07) is 14.7. The van der Waals surface area contributed by atoms with E-state index >= 15 is 0 Å². The molecule has 0 saturated carbocycles. The number of halogens is 1. The summed E-state index contributed by atoms with van der Waals surface area (Å²) in [4.78, 5) is 11.4. The van der Waals surface area contributed by atoms with E-state index in [9.17, 15) is 4.39 Å². The first kappa shape index (κ1) is 17.9. The molecule has 1 aromatic heterocycles. The number of para-hydroxylation sites is 2. The first-order valence-electron chi connectivity index (χ1n) is 8.72. The Labute approximate surface area is 153 Å². The maximum absolute atomic E-state index is 13.4. The number of aliphatic imine (C=N–C) groups is 1. The van der Waals surface area contributed by atoms with E-state index in [1.54, 1.807) is 12.1 Å². The van der Waals surface area contributed by atoms with Crippen molar-refractivity contribution in [1.29, 1.82) is 0 Å². The van der Waals surface area contributed by atoms with Gasteiger partial charge in [-0.2, -0.15) is 0 Å². The number of guanidine groups is 1. The Balaban J connectivity index is 1.78. The van der Waals surface area contributed by atoms with Crippen molar-refractivity contribution in [2.45, 2.75) is 20.0 Å². The van der Waals surface area contributed by atoms with Gasteiger partial charge in [-0.15, -0.1) is 0 Å². The van der Waals surface area contributed by atoms with E-state index in [1.807, 2.05) is 50.2 Å². The molecule has 5 nitrogen and oxygen atoms in total. The number of benzene rings is 2. The van der Waals surface area contributed by atoms with Crippen molar-refractivity contribution < 1.29 is 4.39 Å². The van der Waals surface area contributed by atoms with Crippen molar-refractivity contribution in [1.82, 2.24) is 19.8 Å². The Bertz CT molecular complexity index is 915. The van der Waals surface area contributed by atoms with Gasteiger partial charge in [-0.25, -0.2) is 14.4 Å². The first-order chi connectivity index (χ1) is 12.6. The third kappa shape index (κ3) is 4.02. The quantitative estimate of drug-likeness (QED) is 0.565. The molecule has 136 valence electrons. The van der Waals surface area contributed by atoms with Crippen molar-refractivity contribution in [2.24, 2.45) is 12.0 Å². The van der Waals surface area contributed by atoms with Crippen LogP contribution < -0.4 is 5.32 Å². The van der Waals surface area contributed by atoms with Gasteiger partial charge in [0.15, 0.2) is 5.96 Å². The molecular weight excluding hydrogens is 329 g/mol. The highest BCUT2D eigenvalue weighted by atomic mass is 19.1. The van der Waals surface area contributed by atoms with E-state index in [-0.39, 0.29) is 5.82 Å². The number of rotatable bonds is 5. The van der Waals surface area contributed by atoms with Crippen LogP contribution >= 0.6 is 0 Å². The average molecular weight is 353 g/mol. The van der Waals surface area contributed by atoms with E-state index in [4.69, 9.17) is 4.99 Å². The molecule has 0 aliphatic heterocycles. The molecule has 3 aromatic rings. The van der Waals surface area contributed by atoms with Gasteiger partial charge < -0.3 is 14.8 Å². The predicted molar refractivity (Wildman–Crippen MR) is 103 cm³/mol. The second kappa shape index (κ2) is 7.99. The molecule has 6 heteroatoms. The van der Waals surface area contributed by atoms with Gasteiger partial charge in [-0.1, -0.05) is 24.3 Å². The number of hydrogen-bond acceptors (Lipinski definition) is 2. The Morgan fingerprint density at radius 2 is 2.04 bits per heavy atom. The van der Waals surface area contributed by atoms with Gasteiger partial charge in [0.05, 0.1) is 11.0 Å². The number of nitrogens with zero attached hydrogens (tertiary/aromatic N) is 4. The predicted octanol–water partition coefficient (Wildman–Crippen LogP) is 3.31. The number of hydrogen-bond donors (Lipinski definition) is 1. The van der Waals surface area contributed by atoms with E-state index in [2.05, 4.69) is 20.9 Å². The minimum absolute atomic E-state index is 0.225. The van der Waals surface area contributed by atoms with Crippen molar-refractivity contribution in [3.63, 3.8) is 0 Å². The highest BCUT2D eigenvalue weighted by Gasteiger charge is 2.10. The maximum atomic E-state index is 13.4. The molecule has 0 atom stereocenters. The molecule has 26 heavy (non-hydrogen) atoms. The molecule has 0 aliphatic rings. The SMILES string of the molecule is CCNC(=NCc1nc2ccccc2n1C)N(C)Cc1cccc(F)c1. The van der Waals surface area contributed by atoms with Crippen LogP contribution in [-0.4, -0.2) is 34.0 Å². The number of aromatic nitrogens is 2. The molecule has 2 aromatic carbocycles. The molecule has 1 heterocycles. The summed E-state index contributed by atoms with van der Waals surface area (Å²) in [6.07, 6.45) is 0. The van der Waals surface area contributed by atoms with Crippen molar-refractivity contribution in [2.75, 3.05) is 13.6 Å². The number of imidazole rings is 1. The fourth-order valence-electron chi connectivity index (χ4n) is 2.94. The summed E-state index contributed by atoms with van der Waals surface area (Å²) in [5.74, 6) is 1.45. The molecule has 0 unspecified atom stereocenters. The van der Waals surface area contributed by atoms with Crippen LogP contribution in [0.25, 0.3) is 11.0 Å². The zero-order valence-electron chi connectivity index (χ0n) is 15.4. The first-order valence-corrected chi connectivity index (χ1v) is 8.72. The Kier molecular flexibility index (Phi) is 5.51. The largest absolute Gasteiger partial charge is 0.357 e. The monoisotopic (exact) mass is 353 g/mol. The molecule has 0 radical (unpaired) electrons. The molecule has 1 N–H and O–H groups in total. The number of nitrogens with one attached hydrogen (secondary N) is 1. The molecule has 0 amide bonds. The van der Waals surface area contributed by atoms with Crippen LogP contribution in [0.5, 0.6) is 0 Å². The Hall–Kier alpha value is -2.89. The minimum Gasteiger partial charge on any atom is -0.357 e. The van der Waals surface area contributed by atoms with Gasteiger partial charge >= 0.3 is 0 Å². The smallest absolute Gasteiger partial charge is 0.194 e.